The van der Waals surface area contributed by atoms with E-state index in [0.717, 1.165) is 12.8 Å². The Bertz CT molecular complexity index is 663. The van der Waals surface area contributed by atoms with Crippen LogP contribution < -0.4 is 5.73 Å². The first-order valence-electron chi connectivity index (χ1n) is 7.91. The van der Waals surface area contributed by atoms with Crippen LogP contribution in [0.4, 0.5) is 0 Å². The van der Waals surface area contributed by atoms with Crippen LogP contribution in [0.2, 0.25) is 0 Å². The molecule has 0 spiro atoms. The minimum atomic E-state index is -1.34. The largest absolute Gasteiger partial charge is 0.383 e. The van der Waals surface area contributed by atoms with Crippen molar-refractivity contribution in [2.45, 2.75) is 25.7 Å². The van der Waals surface area contributed by atoms with Crippen molar-refractivity contribution in [2.24, 2.45) is 22.1 Å². The molecule has 2 aliphatic heterocycles. The number of nitriles is 2. The zero-order valence-electron chi connectivity index (χ0n) is 12.9. The van der Waals surface area contributed by atoms with Crippen molar-refractivity contribution in [1.82, 2.24) is 4.90 Å². The summed E-state index contributed by atoms with van der Waals surface area (Å²) in [6.45, 7) is 2.21. The summed E-state index contributed by atoms with van der Waals surface area (Å²) in [7, 11) is 0. The van der Waals surface area contributed by atoms with Crippen LogP contribution in [0.3, 0.4) is 0 Å². The molecule has 3 rings (SSSR count). The van der Waals surface area contributed by atoms with Gasteiger partial charge in [0, 0.05) is 25.4 Å². The molecule has 0 aromatic heterocycles. The van der Waals surface area contributed by atoms with Gasteiger partial charge in [-0.25, -0.2) is 4.99 Å². The van der Waals surface area contributed by atoms with Crippen molar-refractivity contribution >= 4 is 11.6 Å². The van der Waals surface area contributed by atoms with Crippen molar-refractivity contribution in [1.29, 1.82) is 10.5 Å². The van der Waals surface area contributed by atoms with Gasteiger partial charge in [0.25, 0.3) is 0 Å². The highest BCUT2D eigenvalue weighted by Crippen LogP contribution is 2.47. The number of Topliss-reactive ketones (excluding diaryl/α,β-unsaturated/α-hetero) is 1. The standard InChI is InChI=1S/C16H19N5O2/c17-9-12-14(19)20-15(21-5-7-23-8-6-21)16(12,10-18)11-3-1-2-4-13(11)22/h11H,1-8,19H2. The maximum absolute atomic E-state index is 12.5. The molecule has 1 saturated heterocycles. The van der Waals surface area contributed by atoms with Gasteiger partial charge in [-0.3, -0.25) is 4.79 Å². The molecule has 3 aliphatic rings. The SMILES string of the molecule is N#CC1=C(N)N=C(N2CCOCC2)C1(C#N)C1CCCCC1=O. The van der Waals surface area contributed by atoms with E-state index in [0.29, 0.717) is 45.0 Å². The maximum Gasteiger partial charge on any atom is 0.163 e. The number of rotatable bonds is 1. The second-order valence-electron chi connectivity index (χ2n) is 6.09. The molecule has 0 radical (unpaired) electrons. The Kier molecular flexibility index (Phi) is 4.06. The first kappa shape index (κ1) is 15.5. The summed E-state index contributed by atoms with van der Waals surface area (Å²) in [6.07, 6.45) is 2.74. The number of carbonyl (C=O) groups excluding carboxylic acids is 1. The molecule has 1 saturated carbocycles. The fourth-order valence-corrected chi connectivity index (χ4v) is 3.77. The number of hydrogen-bond donors (Lipinski definition) is 1. The minimum absolute atomic E-state index is 0.0289. The first-order chi connectivity index (χ1) is 11.1. The van der Waals surface area contributed by atoms with Crippen molar-refractivity contribution in [3.05, 3.63) is 11.4 Å². The van der Waals surface area contributed by atoms with Gasteiger partial charge in [-0.05, 0) is 12.8 Å². The summed E-state index contributed by atoms with van der Waals surface area (Å²) in [5.41, 5.74) is 4.73. The van der Waals surface area contributed by atoms with Crippen LogP contribution in [0.1, 0.15) is 25.7 Å². The average Bonchev–Trinajstić information content (AvgIpc) is 2.88. The highest BCUT2D eigenvalue weighted by Gasteiger charge is 2.56. The number of hydrogen-bond acceptors (Lipinski definition) is 7. The smallest absolute Gasteiger partial charge is 0.163 e. The molecule has 2 N–H and O–H groups in total. The second-order valence-corrected chi connectivity index (χ2v) is 6.09. The van der Waals surface area contributed by atoms with Gasteiger partial charge in [0.1, 0.15) is 29.1 Å². The molecule has 2 fully saturated rings. The molecule has 120 valence electrons. The number of nitrogens with two attached hydrogens (primary N) is 1. The fourth-order valence-electron chi connectivity index (χ4n) is 3.77. The predicted octanol–water partition coefficient (Wildman–Crippen LogP) is 0.694. The predicted molar refractivity (Wildman–Crippen MR) is 81.7 cm³/mol. The van der Waals surface area contributed by atoms with Crippen LogP contribution in [-0.4, -0.2) is 42.8 Å². The Morgan fingerprint density at radius 1 is 1.30 bits per heavy atom. The zero-order chi connectivity index (χ0) is 16.4. The molecule has 1 aliphatic carbocycles. The number of amidine groups is 1. The lowest BCUT2D eigenvalue weighted by Gasteiger charge is -2.39. The molecular weight excluding hydrogens is 294 g/mol. The molecule has 2 unspecified atom stereocenters. The third-order valence-electron chi connectivity index (χ3n) is 4.91. The summed E-state index contributed by atoms with van der Waals surface area (Å²) in [4.78, 5) is 18.8. The van der Waals surface area contributed by atoms with Gasteiger partial charge in [-0.2, -0.15) is 10.5 Å². The molecule has 2 heterocycles. The highest BCUT2D eigenvalue weighted by atomic mass is 16.5. The Morgan fingerprint density at radius 2 is 2.04 bits per heavy atom. The minimum Gasteiger partial charge on any atom is -0.383 e. The Labute approximate surface area is 135 Å². The number of aliphatic imine (C=N–C) groups is 1. The molecule has 7 heteroatoms. The van der Waals surface area contributed by atoms with Crippen molar-refractivity contribution < 1.29 is 9.53 Å². The fraction of sp³-hybridized carbons (Fsp3) is 0.625. The third kappa shape index (κ3) is 2.29. The first-order valence-corrected chi connectivity index (χ1v) is 7.91. The topological polar surface area (TPSA) is 116 Å². The van der Waals surface area contributed by atoms with Gasteiger partial charge in [0.15, 0.2) is 5.41 Å². The summed E-state index contributed by atoms with van der Waals surface area (Å²) in [6, 6.07) is 4.31. The van der Waals surface area contributed by atoms with Crippen molar-refractivity contribution in [3.63, 3.8) is 0 Å². The van der Waals surface area contributed by atoms with E-state index in [1.165, 1.54) is 0 Å². The lowest BCUT2D eigenvalue weighted by molar-refractivity contribution is -0.126. The normalized spacial score (nSPS) is 31.6. The van der Waals surface area contributed by atoms with E-state index >= 15 is 0 Å². The van der Waals surface area contributed by atoms with Gasteiger partial charge in [0.05, 0.1) is 19.3 Å². The van der Waals surface area contributed by atoms with E-state index in [2.05, 4.69) is 11.1 Å². The van der Waals surface area contributed by atoms with Gasteiger partial charge < -0.3 is 15.4 Å². The van der Waals surface area contributed by atoms with Gasteiger partial charge in [-0.15, -0.1) is 0 Å². The molecule has 0 aromatic rings. The second kappa shape index (κ2) is 6.02. The van der Waals surface area contributed by atoms with E-state index in [4.69, 9.17) is 10.5 Å². The Balaban J connectivity index is 2.08. The van der Waals surface area contributed by atoms with Crippen LogP contribution in [0, 0.1) is 34.0 Å². The zero-order valence-corrected chi connectivity index (χ0v) is 12.9. The number of ether oxygens (including phenoxy) is 1. The lowest BCUT2D eigenvalue weighted by atomic mass is 9.64. The number of ketones is 1. The molecular formula is C16H19N5O2. The third-order valence-corrected chi connectivity index (χ3v) is 4.91. The number of nitrogens with zero attached hydrogens (tertiary/aromatic N) is 4. The average molecular weight is 313 g/mol. The molecule has 7 nitrogen and oxygen atoms in total. The van der Waals surface area contributed by atoms with Crippen LogP contribution in [0.5, 0.6) is 0 Å². The van der Waals surface area contributed by atoms with Gasteiger partial charge in [0.2, 0.25) is 0 Å². The van der Waals surface area contributed by atoms with Gasteiger partial charge in [-0.1, -0.05) is 6.42 Å². The van der Waals surface area contributed by atoms with E-state index in [1.807, 2.05) is 11.0 Å². The van der Waals surface area contributed by atoms with Crippen LogP contribution in [-0.2, 0) is 9.53 Å². The summed E-state index contributed by atoms with van der Waals surface area (Å²) in [5.74, 6) is 0.00581. The van der Waals surface area contributed by atoms with Crippen LogP contribution in [0.15, 0.2) is 16.4 Å². The van der Waals surface area contributed by atoms with E-state index < -0.39 is 11.3 Å². The maximum atomic E-state index is 12.5. The summed E-state index contributed by atoms with van der Waals surface area (Å²) in [5, 5.41) is 19.6. The number of carbonyl (C=O) groups is 1. The molecule has 2 atom stereocenters. The van der Waals surface area contributed by atoms with Crippen LogP contribution >= 0.6 is 0 Å². The lowest BCUT2D eigenvalue weighted by Crippen LogP contribution is -2.52. The quantitative estimate of drug-likeness (QED) is 0.761. The molecule has 23 heavy (non-hydrogen) atoms. The summed E-state index contributed by atoms with van der Waals surface area (Å²) < 4.78 is 5.35. The molecule has 0 aromatic carbocycles. The molecule has 0 bridgehead atoms. The van der Waals surface area contributed by atoms with Gasteiger partial charge >= 0.3 is 0 Å². The molecule has 0 amide bonds. The monoisotopic (exact) mass is 313 g/mol. The summed E-state index contributed by atoms with van der Waals surface area (Å²) >= 11 is 0. The Hall–Kier alpha value is -2.38. The highest BCUT2D eigenvalue weighted by molar-refractivity contribution is 6.03. The Morgan fingerprint density at radius 3 is 2.65 bits per heavy atom. The van der Waals surface area contributed by atoms with Crippen LogP contribution in [0.25, 0.3) is 0 Å². The van der Waals surface area contributed by atoms with E-state index in [-0.39, 0.29) is 17.2 Å². The van der Waals surface area contributed by atoms with Crippen molar-refractivity contribution in [3.8, 4) is 12.1 Å². The number of morpholine rings is 1. The van der Waals surface area contributed by atoms with Crippen molar-refractivity contribution in [2.75, 3.05) is 26.3 Å². The van der Waals surface area contributed by atoms with E-state index in [1.54, 1.807) is 0 Å². The van der Waals surface area contributed by atoms with E-state index in [9.17, 15) is 15.3 Å².